The molecule has 2 rings (SSSR count). The van der Waals surface area contributed by atoms with Gasteiger partial charge in [0.2, 0.25) is 0 Å². The molecule has 8 heteroatoms. The maximum atomic E-state index is 12.2. The van der Waals surface area contributed by atoms with Gasteiger partial charge in [-0.3, -0.25) is 4.98 Å². The molecule has 0 radical (unpaired) electrons. The molecule has 0 aliphatic carbocycles. The maximum Gasteiger partial charge on any atom is 0.408 e. The van der Waals surface area contributed by atoms with Crippen LogP contribution in [0.1, 0.15) is 32.0 Å². The Morgan fingerprint density at radius 1 is 1.21 bits per heavy atom. The van der Waals surface area contributed by atoms with Crippen LogP contribution in [0.25, 0.3) is 10.9 Å². The number of esters is 1. The minimum atomic E-state index is -1.06. The van der Waals surface area contributed by atoms with E-state index in [1.54, 1.807) is 57.2 Å². The second-order valence-corrected chi connectivity index (χ2v) is 6.99. The van der Waals surface area contributed by atoms with Crippen LogP contribution in [0.15, 0.2) is 30.3 Å². The fourth-order valence-corrected chi connectivity index (χ4v) is 2.41. The molecule has 28 heavy (non-hydrogen) atoms. The summed E-state index contributed by atoms with van der Waals surface area (Å²) in [7, 11) is 0. The van der Waals surface area contributed by atoms with E-state index in [2.05, 4.69) is 16.4 Å². The predicted octanol–water partition coefficient (Wildman–Crippen LogP) is 2.61. The van der Waals surface area contributed by atoms with Crippen LogP contribution < -0.4 is 5.32 Å². The molecule has 1 aromatic carbocycles. The van der Waals surface area contributed by atoms with Crippen molar-refractivity contribution in [2.24, 2.45) is 0 Å². The minimum Gasteiger partial charge on any atom is -0.449 e. The number of benzene rings is 1. The third kappa shape index (κ3) is 5.96. The third-order valence-corrected chi connectivity index (χ3v) is 3.54. The number of amides is 1. The summed E-state index contributed by atoms with van der Waals surface area (Å²) in [6.45, 7) is 4.69. The second-order valence-electron chi connectivity index (χ2n) is 6.99. The molecule has 0 aliphatic heterocycles. The van der Waals surface area contributed by atoms with Crippen molar-refractivity contribution in [1.82, 2.24) is 10.3 Å². The Morgan fingerprint density at radius 3 is 2.61 bits per heavy atom. The summed E-state index contributed by atoms with van der Waals surface area (Å²) in [5.41, 5.74) is 0.974. The van der Waals surface area contributed by atoms with Crippen LogP contribution in [0.2, 0.25) is 0 Å². The number of nitriles is 2. The summed E-state index contributed by atoms with van der Waals surface area (Å²) in [5.74, 6) is -0.755. The number of nitrogens with one attached hydrogen (secondary N) is 1. The molecule has 1 N–H and O–H groups in total. The van der Waals surface area contributed by atoms with Crippen molar-refractivity contribution in [1.29, 1.82) is 10.5 Å². The smallest absolute Gasteiger partial charge is 0.408 e. The quantitative estimate of drug-likeness (QED) is 0.790. The normalized spacial score (nSPS) is 11.8. The summed E-state index contributed by atoms with van der Waals surface area (Å²) in [6, 6.07) is 11.3. The Labute approximate surface area is 162 Å². The molecule has 0 spiro atoms. The molecule has 0 bridgehead atoms. The van der Waals surface area contributed by atoms with Crippen molar-refractivity contribution in [3.8, 4) is 12.1 Å². The largest absolute Gasteiger partial charge is 0.449 e. The van der Waals surface area contributed by atoms with Gasteiger partial charge in [-0.2, -0.15) is 10.5 Å². The lowest BCUT2D eigenvalue weighted by Gasteiger charge is -2.22. The number of hydrogen-bond acceptors (Lipinski definition) is 7. The highest BCUT2D eigenvalue weighted by atomic mass is 16.6. The van der Waals surface area contributed by atoms with E-state index in [0.717, 1.165) is 5.39 Å². The van der Waals surface area contributed by atoms with Gasteiger partial charge in [-0.15, -0.1) is 0 Å². The standard InChI is InChI=1S/C20H20N4O4/c1-20(2,3)28-19(26)24-17(18(25)27-9-8-21)11-15-6-5-14-10-13(12-22)4-7-16(14)23-15/h4-7,10,17H,9,11H2,1-3H3,(H,24,26)/t17-/m0/s1. The lowest BCUT2D eigenvalue weighted by molar-refractivity contribution is -0.144. The average molecular weight is 380 g/mol. The molecule has 1 amide bonds. The van der Waals surface area contributed by atoms with E-state index in [0.29, 0.717) is 16.8 Å². The summed E-state index contributed by atoms with van der Waals surface area (Å²) in [4.78, 5) is 28.8. The number of hydrogen-bond donors (Lipinski definition) is 1. The fourth-order valence-electron chi connectivity index (χ4n) is 2.41. The molecular formula is C20H20N4O4. The number of rotatable bonds is 5. The van der Waals surface area contributed by atoms with Crippen molar-refractivity contribution in [2.75, 3.05) is 6.61 Å². The average Bonchev–Trinajstić information content (AvgIpc) is 2.63. The molecule has 0 fully saturated rings. The zero-order chi connectivity index (χ0) is 20.7. The lowest BCUT2D eigenvalue weighted by Crippen LogP contribution is -2.45. The van der Waals surface area contributed by atoms with Crippen LogP contribution in [0.4, 0.5) is 4.79 Å². The highest BCUT2D eigenvalue weighted by Crippen LogP contribution is 2.16. The van der Waals surface area contributed by atoms with Crippen LogP contribution in [-0.2, 0) is 20.7 Å². The van der Waals surface area contributed by atoms with E-state index in [4.69, 9.17) is 20.0 Å². The van der Waals surface area contributed by atoms with Crippen LogP contribution in [0.3, 0.4) is 0 Å². The number of carbonyl (C=O) groups excluding carboxylic acids is 2. The monoisotopic (exact) mass is 380 g/mol. The number of nitrogens with zero attached hydrogens (tertiary/aromatic N) is 3. The number of aromatic nitrogens is 1. The molecule has 144 valence electrons. The molecule has 1 heterocycles. The van der Waals surface area contributed by atoms with E-state index in [-0.39, 0.29) is 6.42 Å². The molecule has 0 saturated heterocycles. The second kappa shape index (κ2) is 8.83. The van der Waals surface area contributed by atoms with Gasteiger partial charge in [-0.1, -0.05) is 6.07 Å². The van der Waals surface area contributed by atoms with E-state index in [9.17, 15) is 9.59 Å². The van der Waals surface area contributed by atoms with Gasteiger partial charge in [0.1, 0.15) is 17.7 Å². The molecule has 0 unspecified atom stereocenters. The molecule has 1 aromatic heterocycles. The van der Waals surface area contributed by atoms with Crippen LogP contribution in [0, 0.1) is 22.7 Å². The van der Waals surface area contributed by atoms with E-state index in [1.807, 2.05) is 0 Å². The summed E-state index contributed by atoms with van der Waals surface area (Å²) >= 11 is 0. The zero-order valence-electron chi connectivity index (χ0n) is 15.9. The Hall–Kier alpha value is -3.65. The molecule has 1 atom stereocenters. The van der Waals surface area contributed by atoms with Gasteiger partial charge in [0, 0.05) is 17.5 Å². The highest BCUT2D eigenvalue weighted by Gasteiger charge is 2.26. The lowest BCUT2D eigenvalue weighted by atomic mass is 10.1. The van der Waals surface area contributed by atoms with Crippen molar-refractivity contribution in [2.45, 2.75) is 38.8 Å². The van der Waals surface area contributed by atoms with E-state index in [1.165, 1.54) is 0 Å². The molecule has 0 aliphatic rings. The fraction of sp³-hybridized carbons (Fsp3) is 0.350. The number of pyridine rings is 1. The Kier molecular flexibility index (Phi) is 6.51. The predicted molar refractivity (Wildman–Crippen MR) is 99.9 cm³/mol. The summed E-state index contributed by atoms with van der Waals surface area (Å²) in [5, 5.41) is 20.8. The van der Waals surface area contributed by atoms with Gasteiger partial charge >= 0.3 is 12.1 Å². The van der Waals surface area contributed by atoms with Crippen LogP contribution in [-0.4, -0.2) is 35.3 Å². The van der Waals surface area contributed by atoms with Crippen molar-refractivity contribution < 1.29 is 19.1 Å². The number of ether oxygens (including phenoxy) is 2. The van der Waals surface area contributed by atoms with Crippen molar-refractivity contribution >= 4 is 23.0 Å². The van der Waals surface area contributed by atoms with Gasteiger partial charge in [0.25, 0.3) is 0 Å². The topological polar surface area (TPSA) is 125 Å². The van der Waals surface area contributed by atoms with E-state index < -0.39 is 30.3 Å². The van der Waals surface area contributed by atoms with Crippen molar-refractivity contribution in [3.05, 3.63) is 41.6 Å². The number of alkyl carbamates (subject to hydrolysis) is 1. The molecule has 2 aromatic rings. The first-order chi connectivity index (χ1) is 13.2. The minimum absolute atomic E-state index is 0.0550. The SMILES string of the molecule is CC(C)(C)OC(=O)N[C@@H](Cc1ccc2cc(C#N)ccc2n1)C(=O)OCC#N. The Morgan fingerprint density at radius 2 is 1.96 bits per heavy atom. The number of carbonyl (C=O) groups is 2. The van der Waals surface area contributed by atoms with Gasteiger partial charge < -0.3 is 14.8 Å². The molecule has 0 saturated carbocycles. The zero-order valence-corrected chi connectivity index (χ0v) is 15.9. The summed E-state index contributed by atoms with van der Waals surface area (Å²) in [6.07, 6.45) is -0.717. The maximum absolute atomic E-state index is 12.2. The first-order valence-corrected chi connectivity index (χ1v) is 8.55. The van der Waals surface area contributed by atoms with Gasteiger partial charge in [-0.25, -0.2) is 9.59 Å². The van der Waals surface area contributed by atoms with Crippen molar-refractivity contribution in [3.63, 3.8) is 0 Å². The Bertz CT molecular complexity index is 967. The van der Waals surface area contributed by atoms with Crippen LogP contribution in [0.5, 0.6) is 0 Å². The first kappa shape index (κ1) is 20.7. The van der Waals surface area contributed by atoms with E-state index >= 15 is 0 Å². The van der Waals surface area contributed by atoms with Gasteiger partial charge in [0.05, 0.1) is 17.1 Å². The first-order valence-electron chi connectivity index (χ1n) is 8.55. The van der Waals surface area contributed by atoms with Gasteiger partial charge in [-0.05, 0) is 45.0 Å². The highest BCUT2D eigenvalue weighted by molar-refractivity contribution is 5.83. The molecular weight excluding hydrogens is 360 g/mol. The third-order valence-electron chi connectivity index (χ3n) is 3.54. The van der Waals surface area contributed by atoms with Gasteiger partial charge in [0.15, 0.2) is 6.61 Å². The number of fused-ring (bicyclic) bond motifs is 1. The Balaban J connectivity index is 2.22. The van der Waals surface area contributed by atoms with Crippen LogP contribution >= 0.6 is 0 Å². The molecule has 8 nitrogen and oxygen atoms in total. The summed E-state index contributed by atoms with van der Waals surface area (Å²) < 4.78 is 10.0.